The molecule has 1 fully saturated rings. The predicted molar refractivity (Wildman–Crippen MR) is 98.9 cm³/mol. The number of nitrogens with zero attached hydrogens (tertiary/aromatic N) is 2. The minimum absolute atomic E-state index is 0.343. The van der Waals surface area contributed by atoms with E-state index in [2.05, 4.69) is 10.4 Å². The van der Waals surface area contributed by atoms with Crippen molar-refractivity contribution < 1.29 is 14.3 Å². The highest BCUT2D eigenvalue weighted by molar-refractivity contribution is 6.07. The highest BCUT2D eigenvalue weighted by atomic mass is 16.5. The Kier molecular flexibility index (Phi) is 5.02. The Hall–Kier alpha value is -3.15. The molecule has 6 heteroatoms. The summed E-state index contributed by atoms with van der Waals surface area (Å²) in [6, 6.07) is 16.7. The zero-order valence-electron chi connectivity index (χ0n) is 14.8. The van der Waals surface area contributed by atoms with Gasteiger partial charge in [-0.1, -0.05) is 37.3 Å². The molecule has 26 heavy (non-hydrogen) atoms. The first-order valence-corrected chi connectivity index (χ1v) is 8.49. The average Bonchev–Trinajstić information content (AvgIpc) is 2.89. The van der Waals surface area contributed by atoms with Crippen LogP contribution in [0, 0.1) is 0 Å². The lowest BCUT2D eigenvalue weighted by molar-refractivity contribution is -0.130. The van der Waals surface area contributed by atoms with Crippen molar-refractivity contribution in [2.75, 3.05) is 0 Å². The summed E-state index contributed by atoms with van der Waals surface area (Å²) in [6.45, 7) is 4.04. The van der Waals surface area contributed by atoms with Crippen molar-refractivity contribution in [1.82, 2.24) is 10.3 Å². The number of hydrogen-bond donors (Lipinski definition) is 1. The van der Waals surface area contributed by atoms with Gasteiger partial charge in [-0.05, 0) is 48.7 Å². The van der Waals surface area contributed by atoms with Crippen LogP contribution < -0.4 is 10.1 Å². The SMILES string of the molecule is CCC1(C)NC(=O)N(N=Cc2ccc(OCc3ccccc3)cc2)C1=O. The van der Waals surface area contributed by atoms with Crippen molar-refractivity contribution in [1.29, 1.82) is 0 Å². The summed E-state index contributed by atoms with van der Waals surface area (Å²) in [6.07, 6.45) is 2.00. The van der Waals surface area contributed by atoms with Crippen LogP contribution in [0.2, 0.25) is 0 Å². The molecule has 2 aromatic rings. The maximum absolute atomic E-state index is 12.3. The Balaban J connectivity index is 1.61. The van der Waals surface area contributed by atoms with Gasteiger partial charge in [-0.25, -0.2) is 4.79 Å². The number of amides is 3. The lowest BCUT2D eigenvalue weighted by atomic mass is 10.00. The van der Waals surface area contributed by atoms with E-state index >= 15 is 0 Å². The minimum Gasteiger partial charge on any atom is -0.489 e. The van der Waals surface area contributed by atoms with Gasteiger partial charge in [0.1, 0.15) is 17.9 Å². The molecule has 3 amide bonds. The molecule has 6 nitrogen and oxygen atoms in total. The third-order valence-electron chi connectivity index (χ3n) is 4.40. The van der Waals surface area contributed by atoms with E-state index in [1.165, 1.54) is 6.21 Å². The van der Waals surface area contributed by atoms with Gasteiger partial charge in [-0.2, -0.15) is 5.10 Å². The Morgan fingerprint density at radius 2 is 1.81 bits per heavy atom. The van der Waals surface area contributed by atoms with Crippen LogP contribution in [0.15, 0.2) is 59.7 Å². The first-order chi connectivity index (χ1) is 12.5. The van der Waals surface area contributed by atoms with Crippen molar-refractivity contribution in [3.63, 3.8) is 0 Å². The fourth-order valence-electron chi connectivity index (χ4n) is 2.53. The summed E-state index contributed by atoms with van der Waals surface area (Å²) in [4.78, 5) is 24.2. The van der Waals surface area contributed by atoms with Crippen LogP contribution in [-0.2, 0) is 11.4 Å². The summed E-state index contributed by atoms with van der Waals surface area (Å²) < 4.78 is 5.73. The Morgan fingerprint density at radius 1 is 1.12 bits per heavy atom. The van der Waals surface area contributed by atoms with Crippen LogP contribution in [0.5, 0.6) is 5.75 Å². The number of carbonyl (C=O) groups is 2. The molecule has 1 atom stereocenters. The van der Waals surface area contributed by atoms with E-state index < -0.39 is 11.6 Å². The lowest BCUT2D eigenvalue weighted by Crippen LogP contribution is -2.42. The first kappa shape index (κ1) is 17.7. The molecular weight excluding hydrogens is 330 g/mol. The number of rotatable bonds is 6. The summed E-state index contributed by atoms with van der Waals surface area (Å²) in [7, 11) is 0. The minimum atomic E-state index is -0.885. The second-order valence-electron chi connectivity index (χ2n) is 6.32. The molecule has 1 aliphatic rings. The third kappa shape index (κ3) is 3.74. The maximum Gasteiger partial charge on any atom is 0.346 e. The number of urea groups is 1. The van der Waals surface area contributed by atoms with E-state index in [1.54, 1.807) is 6.92 Å². The highest BCUT2D eigenvalue weighted by Crippen LogP contribution is 2.21. The van der Waals surface area contributed by atoms with E-state index in [1.807, 2.05) is 61.5 Å². The van der Waals surface area contributed by atoms with Gasteiger partial charge >= 0.3 is 6.03 Å². The molecule has 1 heterocycles. The smallest absolute Gasteiger partial charge is 0.346 e. The molecule has 1 N–H and O–H groups in total. The van der Waals surface area contributed by atoms with Gasteiger partial charge in [-0.3, -0.25) is 4.79 Å². The quantitative estimate of drug-likeness (QED) is 0.641. The standard InChI is InChI=1S/C20H21N3O3/c1-3-20(2)18(24)23(19(25)22-20)21-13-15-9-11-17(12-10-15)26-14-16-7-5-4-6-8-16/h4-13H,3,14H2,1-2H3,(H,22,25). The van der Waals surface area contributed by atoms with E-state index in [0.717, 1.165) is 21.9 Å². The van der Waals surface area contributed by atoms with Crippen LogP contribution in [-0.4, -0.2) is 28.7 Å². The van der Waals surface area contributed by atoms with E-state index in [9.17, 15) is 9.59 Å². The average molecular weight is 351 g/mol. The number of ether oxygens (including phenoxy) is 1. The molecule has 0 spiro atoms. The van der Waals surface area contributed by atoms with Gasteiger partial charge < -0.3 is 10.1 Å². The Labute approximate surface area is 152 Å². The van der Waals surface area contributed by atoms with E-state index in [4.69, 9.17) is 4.74 Å². The molecular formula is C20H21N3O3. The van der Waals surface area contributed by atoms with Crippen LogP contribution in [0.3, 0.4) is 0 Å². The molecule has 0 aromatic heterocycles. The predicted octanol–water partition coefficient (Wildman–Crippen LogP) is 3.32. The third-order valence-corrected chi connectivity index (χ3v) is 4.40. The molecule has 0 saturated carbocycles. The topological polar surface area (TPSA) is 71.0 Å². The van der Waals surface area contributed by atoms with Crippen molar-refractivity contribution in [2.45, 2.75) is 32.4 Å². The molecule has 134 valence electrons. The fraction of sp³-hybridized carbons (Fsp3) is 0.250. The second kappa shape index (κ2) is 7.39. The highest BCUT2D eigenvalue weighted by Gasteiger charge is 2.46. The number of hydrazone groups is 1. The number of hydrogen-bond acceptors (Lipinski definition) is 4. The zero-order chi connectivity index (χ0) is 18.6. The van der Waals surface area contributed by atoms with Gasteiger partial charge in [0.25, 0.3) is 5.91 Å². The van der Waals surface area contributed by atoms with Gasteiger partial charge in [0, 0.05) is 0 Å². The number of nitrogens with one attached hydrogen (secondary N) is 1. The molecule has 0 bridgehead atoms. The van der Waals surface area contributed by atoms with E-state index in [-0.39, 0.29) is 5.91 Å². The van der Waals surface area contributed by atoms with Crippen LogP contribution in [0.1, 0.15) is 31.4 Å². The maximum atomic E-state index is 12.3. The molecule has 3 rings (SSSR count). The number of imide groups is 1. The summed E-state index contributed by atoms with van der Waals surface area (Å²) >= 11 is 0. The summed E-state index contributed by atoms with van der Waals surface area (Å²) in [5.41, 5.74) is 0.974. The van der Waals surface area contributed by atoms with Crippen molar-refractivity contribution in [3.8, 4) is 5.75 Å². The van der Waals surface area contributed by atoms with Crippen LogP contribution in [0.4, 0.5) is 4.79 Å². The summed E-state index contributed by atoms with van der Waals surface area (Å²) in [5.74, 6) is 0.392. The Bertz CT molecular complexity index is 818. The molecule has 0 radical (unpaired) electrons. The molecule has 1 saturated heterocycles. The molecule has 1 aliphatic heterocycles. The monoisotopic (exact) mass is 351 g/mol. The van der Waals surface area contributed by atoms with Gasteiger partial charge in [-0.15, -0.1) is 5.01 Å². The fourth-order valence-corrected chi connectivity index (χ4v) is 2.53. The molecule has 2 aromatic carbocycles. The number of carbonyl (C=O) groups excluding carboxylic acids is 2. The van der Waals surface area contributed by atoms with Gasteiger partial charge in [0.05, 0.1) is 6.21 Å². The van der Waals surface area contributed by atoms with Crippen LogP contribution in [0.25, 0.3) is 0 Å². The largest absolute Gasteiger partial charge is 0.489 e. The van der Waals surface area contributed by atoms with Gasteiger partial charge in [0.2, 0.25) is 0 Å². The zero-order valence-corrected chi connectivity index (χ0v) is 14.8. The number of benzene rings is 2. The van der Waals surface area contributed by atoms with E-state index in [0.29, 0.717) is 13.0 Å². The normalized spacial score (nSPS) is 19.8. The van der Waals surface area contributed by atoms with Crippen molar-refractivity contribution in [3.05, 3.63) is 65.7 Å². The van der Waals surface area contributed by atoms with Crippen molar-refractivity contribution in [2.24, 2.45) is 5.10 Å². The lowest BCUT2D eigenvalue weighted by Gasteiger charge is -2.17. The summed E-state index contributed by atoms with van der Waals surface area (Å²) in [5, 5.41) is 7.57. The Morgan fingerprint density at radius 3 is 2.42 bits per heavy atom. The van der Waals surface area contributed by atoms with Crippen molar-refractivity contribution >= 4 is 18.2 Å². The van der Waals surface area contributed by atoms with Crippen LogP contribution >= 0.6 is 0 Å². The second-order valence-corrected chi connectivity index (χ2v) is 6.32. The first-order valence-electron chi connectivity index (χ1n) is 8.49. The van der Waals surface area contributed by atoms with Gasteiger partial charge in [0.15, 0.2) is 0 Å². The molecule has 1 unspecified atom stereocenters. The molecule has 0 aliphatic carbocycles.